The molecule has 0 unspecified atom stereocenters. The summed E-state index contributed by atoms with van der Waals surface area (Å²) in [4.78, 5) is 12.8. The molecule has 0 N–H and O–H groups in total. The van der Waals surface area contributed by atoms with Gasteiger partial charge in [0.25, 0.3) is 0 Å². The van der Waals surface area contributed by atoms with Crippen molar-refractivity contribution in [3.8, 4) is 11.3 Å². The smallest absolute Gasteiger partial charge is 0.133 e. The fraction of sp³-hybridized carbons (Fsp3) is 0.308. The molecule has 0 radical (unpaired) electrons. The highest BCUT2D eigenvalue weighted by Gasteiger charge is 2.07. The molecule has 0 bridgehead atoms. The van der Waals surface area contributed by atoms with Crippen LogP contribution in [0.15, 0.2) is 24.5 Å². The molecule has 0 amide bonds. The van der Waals surface area contributed by atoms with Crippen molar-refractivity contribution in [1.82, 2.24) is 15.0 Å². The monoisotopic (exact) mass is 247 g/mol. The van der Waals surface area contributed by atoms with Crippen molar-refractivity contribution in [3.63, 3.8) is 0 Å². The number of nitrogens with zero attached hydrogens (tertiary/aromatic N) is 3. The molecule has 0 saturated heterocycles. The first-order chi connectivity index (χ1) is 8.20. The number of hydrogen-bond acceptors (Lipinski definition) is 3. The van der Waals surface area contributed by atoms with E-state index in [1.165, 1.54) is 0 Å². The summed E-state index contributed by atoms with van der Waals surface area (Å²) in [7, 11) is 0. The first kappa shape index (κ1) is 12.0. The van der Waals surface area contributed by atoms with Crippen LogP contribution in [0, 0.1) is 6.92 Å². The van der Waals surface area contributed by atoms with E-state index in [9.17, 15) is 0 Å². The Balaban J connectivity index is 2.48. The lowest BCUT2D eigenvalue weighted by Crippen LogP contribution is -1.98. The van der Waals surface area contributed by atoms with Gasteiger partial charge in [-0.2, -0.15) is 0 Å². The maximum absolute atomic E-state index is 6.02. The van der Waals surface area contributed by atoms with Crippen LogP contribution in [-0.2, 0) is 6.42 Å². The second-order valence-electron chi connectivity index (χ2n) is 3.93. The molecule has 0 fully saturated rings. The minimum absolute atomic E-state index is 0.495. The molecule has 88 valence electrons. The quantitative estimate of drug-likeness (QED) is 0.780. The zero-order valence-corrected chi connectivity index (χ0v) is 10.7. The highest BCUT2D eigenvalue weighted by atomic mass is 35.5. The Morgan fingerprint density at radius 2 is 2.12 bits per heavy atom. The molecule has 0 saturated carbocycles. The van der Waals surface area contributed by atoms with Gasteiger partial charge < -0.3 is 0 Å². The number of aromatic nitrogens is 3. The van der Waals surface area contributed by atoms with Crippen LogP contribution in [0.25, 0.3) is 11.3 Å². The van der Waals surface area contributed by atoms with Crippen molar-refractivity contribution >= 4 is 11.6 Å². The van der Waals surface area contributed by atoms with Crippen LogP contribution in [0.2, 0.25) is 5.15 Å². The Kier molecular flexibility index (Phi) is 3.69. The fourth-order valence-electron chi connectivity index (χ4n) is 1.70. The van der Waals surface area contributed by atoms with Crippen molar-refractivity contribution in [1.29, 1.82) is 0 Å². The van der Waals surface area contributed by atoms with Gasteiger partial charge in [0.1, 0.15) is 11.0 Å². The van der Waals surface area contributed by atoms with Crippen molar-refractivity contribution in [2.24, 2.45) is 0 Å². The van der Waals surface area contributed by atoms with Gasteiger partial charge in [-0.25, -0.2) is 9.97 Å². The summed E-state index contributed by atoms with van der Waals surface area (Å²) >= 11 is 6.02. The Morgan fingerprint density at radius 1 is 1.29 bits per heavy atom. The van der Waals surface area contributed by atoms with Gasteiger partial charge in [-0.1, -0.05) is 18.5 Å². The molecule has 0 aliphatic carbocycles. The lowest BCUT2D eigenvalue weighted by Gasteiger charge is -2.06. The second kappa shape index (κ2) is 5.23. The first-order valence-electron chi connectivity index (χ1n) is 5.65. The zero-order valence-electron chi connectivity index (χ0n) is 9.94. The van der Waals surface area contributed by atoms with E-state index in [2.05, 4.69) is 21.9 Å². The van der Waals surface area contributed by atoms with Crippen LogP contribution >= 0.6 is 11.6 Å². The molecular formula is C13H14ClN3. The van der Waals surface area contributed by atoms with Crippen LogP contribution in [0.5, 0.6) is 0 Å². The van der Waals surface area contributed by atoms with Gasteiger partial charge in [-0.15, -0.1) is 0 Å². The molecule has 0 spiro atoms. The van der Waals surface area contributed by atoms with Gasteiger partial charge in [0.2, 0.25) is 0 Å². The Morgan fingerprint density at radius 3 is 2.82 bits per heavy atom. The van der Waals surface area contributed by atoms with Crippen LogP contribution in [0.1, 0.15) is 24.7 Å². The third-order valence-corrected chi connectivity index (χ3v) is 2.70. The molecule has 2 aromatic heterocycles. The Labute approximate surface area is 106 Å². The second-order valence-corrected chi connectivity index (χ2v) is 4.32. The molecule has 4 heteroatoms. The summed E-state index contributed by atoms with van der Waals surface area (Å²) < 4.78 is 0. The van der Waals surface area contributed by atoms with E-state index in [4.69, 9.17) is 11.6 Å². The van der Waals surface area contributed by atoms with E-state index in [1.54, 1.807) is 12.3 Å². The average Bonchev–Trinajstić information content (AvgIpc) is 2.29. The summed E-state index contributed by atoms with van der Waals surface area (Å²) in [6, 6.07) is 3.74. The fourth-order valence-corrected chi connectivity index (χ4v) is 1.90. The van der Waals surface area contributed by atoms with E-state index in [-0.39, 0.29) is 0 Å². The van der Waals surface area contributed by atoms with Crippen LogP contribution in [0.4, 0.5) is 0 Å². The Bertz CT molecular complexity index is 526. The van der Waals surface area contributed by atoms with Gasteiger partial charge in [0.05, 0.1) is 5.69 Å². The highest BCUT2D eigenvalue weighted by Crippen LogP contribution is 2.22. The number of pyridine rings is 1. The molecular weight excluding hydrogens is 234 g/mol. The lowest BCUT2D eigenvalue weighted by atomic mass is 10.1. The predicted molar refractivity (Wildman–Crippen MR) is 69.0 cm³/mol. The average molecular weight is 248 g/mol. The normalized spacial score (nSPS) is 10.5. The van der Waals surface area contributed by atoms with E-state index in [0.29, 0.717) is 5.15 Å². The summed E-state index contributed by atoms with van der Waals surface area (Å²) in [5, 5.41) is 0.495. The van der Waals surface area contributed by atoms with Crippen molar-refractivity contribution in [2.75, 3.05) is 0 Å². The molecule has 0 aliphatic rings. The standard InChI is InChI=1S/C13H14ClN3/c1-3-4-13-16-11(7-12(14)17-13)10-5-6-15-8-9(10)2/h5-8H,3-4H2,1-2H3. The van der Waals surface area contributed by atoms with Crippen molar-refractivity contribution in [3.05, 3.63) is 41.1 Å². The number of rotatable bonds is 3. The van der Waals surface area contributed by atoms with Gasteiger partial charge in [-0.05, 0) is 25.0 Å². The summed E-state index contributed by atoms with van der Waals surface area (Å²) in [5.41, 5.74) is 3.01. The van der Waals surface area contributed by atoms with Crippen LogP contribution in [0.3, 0.4) is 0 Å². The minimum Gasteiger partial charge on any atom is -0.264 e. The molecule has 0 aliphatic heterocycles. The number of aryl methyl sites for hydroxylation is 2. The summed E-state index contributed by atoms with van der Waals surface area (Å²) in [5.74, 6) is 0.797. The highest BCUT2D eigenvalue weighted by molar-refractivity contribution is 6.29. The third-order valence-electron chi connectivity index (χ3n) is 2.51. The van der Waals surface area contributed by atoms with E-state index in [1.807, 2.05) is 19.2 Å². The maximum Gasteiger partial charge on any atom is 0.133 e. The van der Waals surface area contributed by atoms with Crippen molar-refractivity contribution < 1.29 is 0 Å². The van der Waals surface area contributed by atoms with Gasteiger partial charge in [-0.3, -0.25) is 4.98 Å². The lowest BCUT2D eigenvalue weighted by molar-refractivity contribution is 0.836. The first-order valence-corrected chi connectivity index (χ1v) is 6.03. The summed E-state index contributed by atoms with van der Waals surface area (Å²) in [6.45, 7) is 4.11. The summed E-state index contributed by atoms with van der Waals surface area (Å²) in [6.07, 6.45) is 5.44. The topological polar surface area (TPSA) is 38.7 Å². The van der Waals surface area contributed by atoms with Gasteiger partial charge in [0, 0.05) is 30.4 Å². The molecule has 2 aromatic rings. The third kappa shape index (κ3) is 2.80. The minimum atomic E-state index is 0.495. The molecule has 3 nitrogen and oxygen atoms in total. The zero-order chi connectivity index (χ0) is 12.3. The van der Waals surface area contributed by atoms with E-state index in [0.717, 1.165) is 35.5 Å². The number of halogens is 1. The molecule has 2 rings (SSSR count). The largest absolute Gasteiger partial charge is 0.264 e. The molecule has 2 heterocycles. The van der Waals surface area contributed by atoms with Gasteiger partial charge in [0.15, 0.2) is 0 Å². The van der Waals surface area contributed by atoms with E-state index < -0.39 is 0 Å². The van der Waals surface area contributed by atoms with Gasteiger partial charge >= 0.3 is 0 Å². The van der Waals surface area contributed by atoms with E-state index >= 15 is 0 Å². The maximum atomic E-state index is 6.02. The number of hydrogen-bond donors (Lipinski definition) is 0. The predicted octanol–water partition coefficient (Wildman–Crippen LogP) is 3.45. The molecule has 0 atom stereocenters. The van der Waals surface area contributed by atoms with Crippen LogP contribution < -0.4 is 0 Å². The SMILES string of the molecule is CCCc1nc(Cl)cc(-c2ccncc2C)n1. The van der Waals surface area contributed by atoms with Crippen molar-refractivity contribution in [2.45, 2.75) is 26.7 Å². The van der Waals surface area contributed by atoms with Crippen LogP contribution in [-0.4, -0.2) is 15.0 Å². The Hall–Kier alpha value is -1.48. The molecule has 17 heavy (non-hydrogen) atoms. The molecule has 0 aromatic carbocycles.